The monoisotopic (exact) mass is 280 g/mol. The average molecular weight is 281 g/mol. The van der Waals surface area contributed by atoms with Crippen LogP contribution in [0.5, 0.6) is 0 Å². The Bertz CT molecular complexity index is 375. The summed E-state index contributed by atoms with van der Waals surface area (Å²) in [6.45, 7) is 3.32. The molecule has 0 saturated heterocycles. The summed E-state index contributed by atoms with van der Waals surface area (Å²) in [5.41, 5.74) is 1.23. The van der Waals surface area contributed by atoms with E-state index < -0.39 is 0 Å². The van der Waals surface area contributed by atoms with Gasteiger partial charge in [-0.25, -0.2) is 0 Å². The van der Waals surface area contributed by atoms with E-state index in [2.05, 4.69) is 23.3 Å². The van der Waals surface area contributed by atoms with E-state index in [1.807, 2.05) is 6.20 Å². The quantitative estimate of drug-likeness (QED) is 0.809. The van der Waals surface area contributed by atoms with Crippen LogP contribution < -0.4 is 5.32 Å². The van der Waals surface area contributed by atoms with E-state index in [9.17, 15) is 0 Å². The van der Waals surface area contributed by atoms with Crippen molar-refractivity contribution in [1.29, 1.82) is 0 Å². The number of pyridine rings is 1. The van der Waals surface area contributed by atoms with E-state index in [1.165, 1.54) is 44.1 Å². The minimum absolute atomic E-state index is 0.558. The van der Waals surface area contributed by atoms with Crippen LogP contribution in [0.1, 0.15) is 51.0 Å². The number of nitrogens with zero attached hydrogens (tertiary/aromatic N) is 1. The molecule has 1 saturated carbocycles. The zero-order valence-corrected chi connectivity index (χ0v) is 12.6. The summed E-state index contributed by atoms with van der Waals surface area (Å²) in [5.74, 6) is 0.912. The molecule has 19 heavy (non-hydrogen) atoms. The molecule has 1 aromatic rings. The average Bonchev–Trinajstić information content (AvgIpc) is 2.91. The van der Waals surface area contributed by atoms with Crippen LogP contribution in [0.3, 0.4) is 0 Å². The summed E-state index contributed by atoms with van der Waals surface area (Å²) in [6, 6.07) is 2.61. The molecule has 0 spiro atoms. The normalized spacial score (nSPS) is 17.8. The molecule has 1 aliphatic rings. The lowest BCUT2D eigenvalue weighted by Gasteiger charge is -2.22. The number of nitrogens with one attached hydrogen (secondary N) is 1. The summed E-state index contributed by atoms with van der Waals surface area (Å²) >= 11 is 6.23. The van der Waals surface area contributed by atoms with Crippen LogP contribution >= 0.6 is 11.6 Å². The van der Waals surface area contributed by atoms with Gasteiger partial charge in [0.15, 0.2) is 0 Å². The SMILES string of the molecule is CCCNC(Cc1ccncc1Cl)CC1CCCC1. The summed E-state index contributed by atoms with van der Waals surface area (Å²) < 4.78 is 0. The third kappa shape index (κ3) is 4.77. The molecule has 1 N–H and O–H groups in total. The van der Waals surface area contributed by atoms with Gasteiger partial charge < -0.3 is 5.32 Å². The molecule has 2 rings (SSSR count). The van der Waals surface area contributed by atoms with Gasteiger partial charge in [0.25, 0.3) is 0 Å². The molecule has 1 aliphatic carbocycles. The minimum Gasteiger partial charge on any atom is -0.314 e. The van der Waals surface area contributed by atoms with Gasteiger partial charge in [0.2, 0.25) is 0 Å². The molecular formula is C16H25ClN2. The first-order valence-electron chi connectivity index (χ1n) is 7.61. The highest BCUT2D eigenvalue weighted by atomic mass is 35.5. The van der Waals surface area contributed by atoms with Gasteiger partial charge in [0, 0.05) is 18.4 Å². The lowest BCUT2D eigenvalue weighted by atomic mass is 9.94. The van der Waals surface area contributed by atoms with Crippen LogP contribution in [0.4, 0.5) is 0 Å². The van der Waals surface area contributed by atoms with Gasteiger partial charge in [-0.3, -0.25) is 4.98 Å². The highest BCUT2D eigenvalue weighted by Crippen LogP contribution is 2.29. The number of halogens is 1. The molecule has 0 amide bonds. The molecule has 0 aromatic carbocycles. The van der Waals surface area contributed by atoms with Crippen LogP contribution in [0.25, 0.3) is 0 Å². The van der Waals surface area contributed by atoms with Gasteiger partial charge in [-0.05, 0) is 43.4 Å². The van der Waals surface area contributed by atoms with Gasteiger partial charge in [-0.1, -0.05) is 44.2 Å². The largest absolute Gasteiger partial charge is 0.314 e. The standard InChI is InChI=1S/C16H25ClN2/c1-2-8-19-15(10-13-5-3-4-6-13)11-14-7-9-18-12-16(14)17/h7,9,12-13,15,19H,2-6,8,10-11H2,1H3. The first-order chi connectivity index (χ1) is 9.29. The Labute approximate surface area is 122 Å². The number of rotatable bonds is 7. The predicted octanol–water partition coefficient (Wildman–Crippen LogP) is 4.23. The van der Waals surface area contributed by atoms with Gasteiger partial charge in [0.1, 0.15) is 0 Å². The van der Waals surface area contributed by atoms with Crippen molar-refractivity contribution >= 4 is 11.6 Å². The maximum Gasteiger partial charge on any atom is 0.0621 e. The zero-order valence-electron chi connectivity index (χ0n) is 11.9. The minimum atomic E-state index is 0.558. The lowest BCUT2D eigenvalue weighted by Crippen LogP contribution is -2.33. The van der Waals surface area contributed by atoms with E-state index in [4.69, 9.17) is 11.6 Å². The molecular weight excluding hydrogens is 256 g/mol. The maximum absolute atomic E-state index is 6.23. The fourth-order valence-corrected chi connectivity index (χ4v) is 3.27. The van der Waals surface area contributed by atoms with Crippen LogP contribution in [-0.4, -0.2) is 17.6 Å². The molecule has 106 valence electrons. The molecule has 1 aromatic heterocycles. The topological polar surface area (TPSA) is 24.9 Å². The van der Waals surface area contributed by atoms with Crippen molar-refractivity contribution in [3.8, 4) is 0 Å². The Morgan fingerprint density at radius 2 is 2.21 bits per heavy atom. The first kappa shape index (κ1) is 14.8. The Morgan fingerprint density at radius 3 is 2.89 bits per heavy atom. The van der Waals surface area contributed by atoms with Crippen molar-refractivity contribution in [3.05, 3.63) is 29.0 Å². The Kier molecular flexibility index (Phi) is 6.12. The highest BCUT2D eigenvalue weighted by Gasteiger charge is 2.20. The van der Waals surface area contributed by atoms with Gasteiger partial charge in [-0.15, -0.1) is 0 Å². The smallest absolute Gasteiger partial charge is 0.0621 e. The molecule has 2 nitrogen and oxygen atoms in total. The molecule has 1 unspecified atom stereocenters. The Balaban J connectivity index is 1.94. The third-order valence-corrected chi connectivity index (χ3v) is 4.44. The second-order valence-electron chi connectivity index (χ2n) is 5.71. The van der Waals surface area contributed by atoms with E-state index in [1.54, 1.807) is 6.20 Å². The predicted molar refractivity (Wildman–Crippen MR) is 81.6 cm³/mol. The van der Waals surface area contributed by atoms with Crippen LogP contribution in [0.15, 0.2) is 18.5 Å². The summed E-state index contributed by atoms with van der Waals surface area (Å²) in [6.07, 6.45) is 12.8. The fourth-order valence-electron chi connectivity index (χ4n) is 3.07. The summed E-state index contributed by atoms with van der Waals surface area (Å²) in [4.78, 5) is 4.07. The van der Waals surface area contributed by atoms with E-state index in [0.717, 1.165) is 23.9 Å². The molecule has 0 aliphatic heterocycles. The molecule has 0 bridgehead atoms. The zero-order chi connectivity index (χ0) is 13.5. The van der Waals surface area contributed by atoms with E-state index in [-0.39, 0.29) is 0 Å². The van der Waals surface area contributed by atoms with Crippen molar-refractivity contribution in [1.82, 2.24) is 10.3 Å². The highest BCUT2D eigenvalue weighted by molar-refractivity contribution is 6.31. The molecule has 1 fully saturated rings. The molecule has 1 atom stereocenters. The first-order valence-corrected chi connectivity index (χ1v) is 7.99. The van der Waals surface area contributed by atoms with Crippen LogP contribution in [-0.2, 0) is 6.42 Å². The van der Waals surface area contributed by atoms with Crippen molar-refractivity contribution < 1.29 is 0 Å². The summed E-state index contributed by atoms with van der Waals surface area (Å²) in [7, 11) is 0. The van der Waals surface area contributed by atoms with Crippen molar-refractivity contribution in [2.45, 2.75) is 57.9 Å². The lowest BCUT2D eigenvalue weighted by molar-refractivity contribution is 0.385. The van der Waals surface area contributed by atoms with E-state index >= 15 is 0 Å². The van der Waals surface area contributed by atoms with Crippen molar-refractivity contribution in [3.63, 3.8) is 0 Å². The molecule has 3 heteroatoms. The maximum atomic E-state index is 6.23. The van der Waals surface area contributed by atoms with Crippen molar-refractivity contribution in [2.75, 3.05) is 6.54 Å². The van der Waals surface area contributed by atoms with Gasteiger partial charge in [0.05, 0.1) is 5.02 Å². The van der Waals surface area contributed by atoms with Gasteiger partial charge >= 0.3 is 0 Å². The second-order valence-corrected chi connectivity index (χ2v) is 6.12. The number of aromatic nitrogens is 1. The van der Waals surface area contributed by atoms with Gasteiger partial charge in [-0.2, -0.15) is 0 Å². The van der Waals surface area contributed by atoms with Crippen LogP contribution in [0, 0.1) is 5.92 Å². The third-order valence-electron chi connectivity index (χ3n) is 4.10. The summed E-state index contributed by atoms with van der Waals surface area (Å²) in [5, 5.41) is 4.50. The fraction of sp³-hybridized carbons (Fsp3) is 0.688. The van der Waals surface area contributed by atoms with Crippen LogP contribution in [0.2, 0.25) is 5.02 Å². The van der Waals surface area contributed by atoms with Crippen molar-refractivity contribution in [2.24, 2.45) is 5.92 Å². The Morgan fingerprint density at radius 1 is 1.42 bits per heavy atom. The molecule has 0 radical (unpaired) electrons. The molecule has 1 heterocycles. The number of hydrogen-bond acceptors (Lipinski definition) is 2. The number of hydrogen-bond donors (Lipinski definition) is 1. The van der Waals surface area contributed by atoms with E-state index in [0.29, 0.717) is 6.04 Å². The Hall–Kier alpha value is -0.600. The second kappa shape index (κ2) is 7.86.